The third-order valence-electron chi connectivity index (χ3n) is 2.80. The van der Waals surface area contributed by atoms with Crippen LogP contribution >= 0.6 is 0 Å². The van der Waals surface area contributed by atoms with Crippen LogP contribution in [0.25, 0.3) is 0 Å². The summed E-state index contributed by atoms with van der Waals surface area (Å²) >= 11 is 0. The number of hydrogen-bond acceptors (Lipinski definition) is 4. The van der Waals surface area contributed by atoms with E-state index in [0.717, 1.165) is 30.8 Å². The second-order valence-electron chi connectivity index (χ2n) is 4.06. The first-order valence-electron chi connectivity index (χ1n) is 5.51. The lowest BCUT2D eigenvalue weighted by molar-refractivity contribution is -0.123. The standard InChI is InChI=1S/C11H16N4O/c1-7-8(2)14-10(6-13-7)15-9-4-3-5-12-11(9)16/h6,9H,3-5H2,1-2H3,(H,12,16)(H,14,15). The van der Waals surface area contributed by atoms with Crippen LogP contribution in [0.5, 0.6) is 0 Å². The molecule has 1 atom stereocenters. The number of aryl methyl sites for hydroxylation is 2. The van der Waals surface area contributed by atoms with Gasteiger partial charge in [0, 0.05) is 6.54 Å². The first-order valence-corrected chi connectivity index (χ1v) is 5.51. The van der Waals surface area contributed by atoms with Crippen molar-refractivity contribution in [3.63, 3.8) is 0 Å². The molecule has 5 heteroatoms. The number of nitrogens with zero attached hydrogens (tertiary/aromatic N) is 2. The van der Waals surface area contributed by atoms with Gasteiger partial charge in [-0.15, -0.1) is 0 Å². The van der Waals surface area contributed by atoms with Crippen molar-refractivity contribution in [2.45, 2.75) is 32.7 Å². The average Bonchev–Trinajstić information content (AvgIpc) is 2.27. The number of aromatic nitrogens is 2. The van der Waals surface area contributed by atoms with Crippen molar-refractivity contribution in [2.75, 3.05) is 11.9 Å². The Kier molecular flexibility index (Phi) is 3.03. The van der Waals surface area contributed by atoms with Gasteiger partial charge in [-0.3, -0.25) is 9.78 Å². The van der Waals surface area contributed by atoms with Crippen molar-refractivity contribution in [3.05, 3.63) is 17.6 Å². The molecule has 5 nitrogen and oxygen atoms in total. The Labute approximate surface area is 94.7 Å². The van der Waals surface area contributed by atoms with E-state index in [-0.39, 0.29) is 11.9 Å². The number of amides is 1. The zero-order valence-corrected chi connectivity index (χ0v) is 9.58. The van der Waals surface area contributed by atoms with Gasteiger partial charge in [0.1, 0.15) is 11.9 Å². The van der Waals surface area contributed by atoms with E-state index >= 15 is 0 Å². The molecular formula is C11H16N4O. The van der Waals surface area contributed by atoms with Crippen molar-refractivity contribution in [2.24, 2.45) is 0 Å². The fourth-order valence-corrected chi connectivity index (χ4v) is 1.70. The van der Waals surface area contributed by atoms with Crippen molar-refractivity contribution in [3.8, 4) is 0 Å². The summed E-state index contributed by atoms with van der Waals surface area (Å²) in [6, 6.07) is -0.176. The van der Waals surface area contributed by atoms with Crippen molar-refractivity contribution in [1.29, 1.82) is 0 Å². The maximum atomic E-state index is 11.5. The number of nitrogens with one attached hydrogen (secondary N) is 2. The van der Waals surface area contributed by atoms with E-state index in [1.54, 1.807) is 6.20 Å². The molecule has 1 amide bonds. The largest absolute Gasteiger partial charge is 0.357 e. The van der Waals surface area contributed by atoms with Crippen molar-refractivity contribution in [1.82, 2.24) is 15.3 Å². The van der Waals surface area contributed by atoms with Gasteiger partial charge in [-0.05, 0) is 26.7 Å². The topological polar surface area (TPSA) is 66.9 Å². The number of hydrogen-bond donors (Lipinski definition) is 2. The van der Waals surface area contributed by atoms with Crippen LogP contribution in [0.3, 0.4) is 0 Å². The summed E-state index contributed by atoms with van der Waals surface area (Å²) in [6.07, 6.45) is 3.52. The van der Waals surface area contributed by atoms with E-state index in [9.17, 15) is 4.79 Å². The molecule has 2 N–H and O–H groups in total. The molecule has 0 bridgehead atoms. The Hall–Kier alpha value is -1.65. The molecule has 1 aliphatic heterocycles. The summed E-state index contributed by atoms with van der Waals surface area (Å²) in [4.78, 5) is 20.1. The molecule has 0 saturated carbocycles. The molecule has 1 aromatic rings. The maximum Gasteiger partial charge on any atom is 0.242 e. The van der Waals surface area contributed by atoms with E-state index in [1.165, 1.54) is 0 Å². The molecule has 1 unspecified atom stereocenters. The summed E-state index contributed by atoms with van der Waals surface area (Å²) < 4.78 is 0. The van der Waals surface area contributed by atoms with Crippen LogP contribution in [0.2, 0.25) is 0 Å². The molecule has 1 aliphatic rings. The number of piperidine rings is 1. The third-order valence-corrected chi connectivity index (χ3v) is 2.80. The predicted molar refractivity (Wildman–Crippen MR) is 61.2 cm³/mol. The number of carbonyl (C=O) groups excluding carboxylic acids is 1. The minimum atomic E-state index is -0.176. The molecule has 0 aliphatic carbocycles. The van der Waals surface area contributed by atoms with Crippen LogP contribution in [0.4, 0.5) is 5.82 Å². The Morgan fingerprint density at radius 2 is 2.25 bits per heavy atom. The normalized spacial score (nSPS) is 20.4. The highest BCUT2D eigenvalue weighted by Crippen LogP contribution is 2.11. The van der Waals surface area contributed by atoms with Crippen LogP contribution in [-0.4, -0.2) is 28.5 Å². The Bertz CT molecular complexity index is 405. The maximum absolute atomic E-state index is 11.5. The molecule has 16 heavy (non-hydrogen) atoms. The lowest BCUT2D eigenvalue weighted by Gasteiger charge is -2.23. The van der Waals surface area contributed by atoms with E-state index in [2.05, 4.69) is 20.6 Å². The first-order chi connectivity index (χ1) is 7.66. The summed E-state index contributed by atoms with van der Waals surface area (Å²) in [5.74, 6) is 0.719. The van der Waals surface area contributed by atoms with Gasteiger partial charge >= 0.3 is 0 Å². The monoisotopic (exact) mass is 220 g/mol. The van der Waals surface area contributed by atoms with Gasteiger partial charge in [0.05, 0.1) is 17.6 Å². The molecule has 2 rings (SSSR count). The van der Waals surface area contributed by atoms with Gasteiger partial charge < -0.3 is 10.6 Å². The Balaban J connectivity index is 2.08. The van der Waals surface area contributed by atoms with Crippen molar-refractivity contribution >= 4 is 11.7 Å². The number of anilines is 1. The van der Waals surface area contributed by atoms with Crippen LogP contribution in [0.1, 0.15) is 24.2 Å². The van der Waals surface area contributed by atoms with Crippen LogP contribution in [-0.2, 0) is 4.79 Å². The Morgan fingerprint density at radius 3 is 2.94 bits per heavy atom. The second-order valence-corrected chi connectivity index (χ2v) is 4.06. The minimum Gasteiger partial charge on any atom is -0.357 e. The van der Waals surface area contributed by atoms with Gasteiger partial charge in [0.25, 0.3) is 0 Å². The lowest BCUT2D eigenvalue weighted by atomic mass is 10.1. The highest BCUT2D eigenvalue weighted by Gasteiger charge is 2.21. The quantitative estimate of drug-likeness (QED) is 0.773. The van der Waals surface area contributed by atoms with E-state index in [0.29, 0.717) is 5.82 Å². The lowest BCUT2D eigenvalue weighted by Crippen LogP contribution is -2.44. The fraction of sp³-hybridized carbons (Fsp3) is 0.545. The van der Waals surface area contributed by atoms with Crippen LogP contribution in [0.15, 0.2) is 6.20 Å². The van der Waals surface area contributed by atoms with Crippen LogP contribution < -0.4 is 10.6 Å². The molecule has 2 heterocycles. The summed E-state index contributed by atoms with van der Waals surface area (Å²) in [7, 11) is 0. The molecule has 1 fully saturated rings. The van der Waals surface area contributed by atoms with Crippen LogP contribution in [0, 0.1) is 13.8 Å². The van der Waals surface area contributed by atoms with Gasteiger partial charge in [-0.1, -0.05) is 0 Å². The highest BCUT2D eigenvalue weighted by atomic mass is 16.2. The number of carbonyl (C=O) groups is 1. The van der Waals surface area contributed by atoms with Crippen molar-refractivity contribution < 1.29 is 4.79 Å². The second kappa shape index (κ2) is 4.47. The Morgan fingerprint density at radius 1 is 1.44 bits per heavy atom. The zero-order valence-electron chi connectivity index (χ0n) is 9.58. The van der Waals surface area contributed by atoms with E-state index in [4.69, 9.17) is 0 Å². The predicted octanol–water partition coefficient (Wildman–Crippen LogP) is 0.784. The zero-order chi connectivity index (χ0) is 11.5. The highest BCUT2D eigenvalue weighted by molar-refractivity contribution is 5.84. The molecule has 1 saturated heterocycles. The first kappa shape index (κ1) is 10.9. The average molecular weight is 220 g/mol. The number of rotatable bonds is 2. The van der Waals surface area contributed by atoms with Gasteiger partial charge in [-0.2, -0.15) is 0 Å². The summed E-state index contributed by atoms with van der Waals surface area (Å²) in [5.41, 5.74) is 1.81. The molecule has 0 radical (unpaired) electrons. The smallest absolute Gasteiger partial charge is 0.242 e. The van der Waals surface area contributed by atoms with Gasteiger partial charge in [0.15, 0.2) is 0 Å². The third kappa shape index (κ3) is 2.29. The fourth-order valence-electron chi connectivity index (χ4n) is 1.70. The molecule has 1 aromatic heterocycles. The van der Waals surface area contributed by atoms with Gasteiger partial charge in [-0.25, -0.2) is 4.98 Å². The van der Waals surface area contributed by atoms with E-state index in [1.807, 2.05) is 13.8 Å². The van der Waals surface area contributed by atoms with Gasteiger partial charge in [0.2, 0.25) is 5.91 Å². The minimum absolute atomic E-state index is 0.0475. The molecule has 0 aromatic carbocycles. The molecular weight excluding hydrogens is 204 g/mol. The summed E-state index contributed by atoms with van der Waals surface area (Å²) in [5, 5.41) is 5.94. The van der Waals surface area contributed by atoms with E-state index < -0.39 is 0 Å². The SMILES string of the molecule is Cc1ncc(NC2CCCNC2=O)nc1C. The summed E-state index contributed by atoms with van der Waals surface area (Å²) in [6.45, 7) is 4.60. The molecule has 86 valence electrons. The molecule has 0 spiro atoms.